The highest BCUT2D eigenvalue weighted by atomic mass is 19.1. The number of alkyl halides is 1. The Morgan fingerprint density at radius 1 is 1.00 bits per heavy atom. The van der Waals surface area contributed by atoms with Gasteiger partial charge in [-0.3, -0.25) is 0 Å². The molecule has 2 saturated heterocycles. The number of nitrogens with one attached hydrogen (secondary N) is 1. The van der Waals surface area contributed by atoms with Gasteiger partial charge in [0, 0.05) is 29.9 Å². The van der Waals surface area contributed by atoms with Gasteiger partial charge in [0.05, 0.1) is 17.8 Å². The zero-order chi connectivity index (χ0) is 24.2. The van der Waals surface area contributed by atoms with E-state index in [1.807, 2.05) is 12.1 Å². The van der Waals surface area contributed by atoms with E-state index in [2.05, 4.69) is 30.4 Å². The van der Waals surface area contributed by atoms with Crippen molar-refractivity contribution in [2.45, 2.75) is 68.9 Å². The van der Waals surface area contributed by atoms with Crippen LogP contribution in [-0.2, 0) is 0 Å². The largest absolute Gasteiger partial charge is 0.507 e. The minimum absolute atomic E-state index is 0.0359. The number of hydrogen-bond acceptors (Lipinski definition) is 9. The summed E-state index contributed by atoms with van der Waals surface area (Å²) in [5, 5.41) is 23.0. The molecule has 2 bridgehead atoms. The molecule has 4 atom stereocenters. The van der Waals surface area contributed by atoms with Crippen molar-refractivity contribution in [3.63, 3.8) is 0 Å². The first-order valence-electron chi connectivity index (χ1n) is 12.6. The second-order valence-corrected chi connectivity index (χ2v) is 10.1. The summed E-state index contributed by atoms with van der Waals surface area (Å²) in [5.41, 5.74) is 2.05. The van der Waals surface area contributed by atoms with Crippen LogP contribution in [0.3, 0.4) is 0 Å². The lowest BCUT2D eigenvalue weighted by Gasteiger charge is -2.47. The molecule has 3 fully saturated rings. The summed E-state index contributed by atoms with van der Waals surface area (Å²) < 4.78 is 26.1. The van der Waals surface area contributed by atoms with Gasteiger partial charge in [-0.25, -0.2) is 14.4 Å². The number of benzene rings is 1. The molecule has 4 aliphatic rings. The molecule has 7 rings (SSSR count). The van der Waals surface area contributed by atoms with Crippen LogP contribution in [0.25, 0.3) is 22.5 Å². The van der Waals surface area contributed by atoms with Crippen molar-refractivity contribution in [2.75, 3.05) is 11.7 Å². The highest BCUT2D eigenvalue weighted by Gasteiger charge is 2.46. The van der Waals surface area contributed by atoms with Gasteiger partial charge in [0.1, 0.15) is 11.9 Å². The van der Waals surface area contributed by atoms with Crippen LogP contribution < -0.4 is 19.7 Å². The lowest BCUT2D eigenvalue weighted by Crippen LogP contribution is -2.62. The molecule has 10 heteroatoms. The third-order valence-electron chi connectivity index (χ3n) is 7.71. The summed E-state index contributed by atoms with van der Waals surface area (Å²) >= 11 is 0. The average Bonchev–Trinajstić information content (AvgIpc) is 3.63. The maximum Gasteiger partial charge on any atom is 0.260 e. The van der Waals surface area contributed by atoms with E-state index in [1.165, 1.54) is 0 Å². The van der Waals surface area contributed by atoms with Gasteiger partial charge in [0.2, 0.25) is 6.79 Å². The molecule has 0 radical (unpaired) electrons. The fourth-order valence-corrected chi connectivity index (χ4v) is 5.79. The van der Waals surface area contributed by atoms with Crippen LogP contribution in [0.5, 0.6) is 17.4 Å². The molecule has 2 N–H and O–H groups in total. The number of piperidine rings is 2. The Bertz CT molecular complexity index is 1290. The second-order valence-electron chi connectivity index (χ2n) is 10.1. The molecule has 5 heterocycles. The Balaban J connectivity index is 1.14. The van der Waals surface area contributed by atoms with Crippen molar-refractivity contribution in [1.82, 2.24) is 25.5 Å². The number of rotatable bonds is 5. The first-order chi connectivity index (χ1) is 17.6. The van der Waals surface area contributed by atoms with E-state index in [9.17, 15) is 5.11 Å². The number of pyridine rings is 1. The fourth-order valence-electron chi connectivity index (χ4n) is 5.79. The Morgan fingerprint density at radius 2 is 1.92 bits per heavy atom. The van der Waals surface area contributed by atoms with Crippen molar-refractivity contribution in [2.24, 2.45) is 0 Å². The van der Waals surface area contributed by atoms with Crippen LogP contribution in [0, 0.1) is 0 Å². The smallest absolute Gasteiger partial charge is 0.260 e. The van der Waals surface area contributed by atoms with Gasteiger partial charge >= 0.3 is 0 Å². The highest BCUT2D eigenvalue weighted by Crippen LogP contribution is 2.40. The topological polar surface area (TPSA) is 106 Å². The standard InChI is InChI=1S/C26H27FN6O3/c27-24-19-3-1-2-16(30-19)10-20(24)33(17-5-6-17)23-12-28-25(32-31-23)18-7-4-14(8-21(18)34)15-9-22-26(29-11-15)36-13-35-22/h4,7-9,11-12,16-17,19-20,24,30,34H,1-3,5-6,10,13H2/t16-,19+,20-,24+/m1/s1. The minimum Gasteiger partial charge on any atom is -0.507 e. The number of aromatic hydroxyl groups is 1. The van der Waals surface area contributed by atoms with Crippen LogP contribution in [0.1, 0.15) is 38.5 Å². The summed E-state index contributed by atoms with van der Waals surface area (Å²) in [5.74, 6) is 2.00. The summed E-state index contributed by atoms with van der Waals surface area (Å²) in [6.07, 6.45) is 8.31. The number of phenols is 1. The lowest BCUT2D eigenvalue weighted by atomic mass is 9.82. The molecule has 1 saturated carbocycles. The Morgan fingerprint density at radius 3 is 2.72 bits per heavy atom. The number of nitrogens with zero attached hydrogens (tertiary/aromatic N) is 5. The number of phenolic OH excluding ortho intramolecular Hbond substituents is 1. The lowest BCUT2D eigenvalue weighted by molar-refractivity contribution is 0.104. The van der Waals surface area contributed by atoms with Crippen LogP contribution in [0.4, 0.5) is 10.2 Å². The van der Waals surface area contributed by atoms with Crippen molar-refractivity contribution in [1.29, 1.82) is 0 Å². The van der Waals surface area contributed by atoms with Gasteiger partial charge in [-0.2, -0.15) is 0 Å². The van der Waals surface area contributed by atoms with Gasteiger partial charge in [-0.05, 0) is 55.9 Å². The van der Waals surface area contributed by atoms with Crippen molar-refractivity contribution in [3.05, 3.63) is 36.7 Å². The maximum atomic E-state index is 15.5. The third-order valence-corrected chi connectivity index (χ3v) is 7.71. The van der Waals surface area contributed by atoms with Crippen LogP contribution in [0.2, 0.25) is 0 Å². The van der Waals surface area contributed by atoms with E-state index in [1.54, 1.807) is 24.5 Å². The normalized spacial score (nSPS) is 26.6. The van der Waals surface area contributed by atoms with Crippen molar-refractivity contribution in [3.8, 4) is 39.9 Å². The number of fused-ring (bicyclic) bond motifs is 3. The SMILES string of the molecule is Oc1cc(-c2cnc3c(c2)OCO3)ccc1-c1ncc(N(C2CC2)[C@@H]2C[C@H]3CCC[C@H](N3)[C@@H]2F)nn1. The Labute approximate surface area is 207 Å². The number of anilines is 1. The molecule has 1 aromatic carbocycles. The van der Waals surface area contributed by atoms with E-state index >= 15 is 4.39 Å². The van der Waals surface area contributed by atoms with Crippen molar-refractivity contribution >= 4 is 5.82 Å². The number of aromatic nitrogens is 4. The predicted octanol–water partition coefficient (Wildman–Crippen LogP) is 3.62. The summed E-state index contributed by atoms with van der Waals surface area (Å²) in [7, 11) is 0. The fraction of sp³-hybridized carbons (Fsp3) is 0.462. The molecule has 3 aliphatic heterocycles. The summed E-state index contributed by atoms with van der Waals surface area (Å²) in [6.45, 7) is 0.152. The predicted molar refractivity (Wildman–Crippen MR) is 130 cm³/mol. The van der Waals surface area contributed by atoms with Gasteiger partial charge < -0.3 is 24.8 Å². The molecular formula is C26H27FN6O3. The Hall–Kier alpha value is -3.53. The first kappa shape index (κ1) is 21.7. The molecular weight excluding hydrogens is 463 g/mol. The quantitative estimate of drug-likeness (QED) is 0.555. The Kier molecular flexibility index (Phi) is 5.16. The summed E-state index contributed by atoms with van der Waals surface area (Å²) in [6, 6.07) is 7.45. The minimum atomic E-state index is -0.939. The number of hydrogen-bond donors (Lipinski definition) is 2. The van der Waals surface area contributed by atoms with Gasteiger partial charge in [-0.1, -0.05) is 12.5 Å². The molecule has 1 aliphatic carbocycles. The molecule has 2 aromatic heterocycles. The zero-order valence-electron chi connectivity index (χ0n) is 19.7. The van der Waals surface area contributed by atoms with Gasteiger partial charge in [0.25, 0.3) is 5.88 Å². The van der Waals surface area contributed by atoms with E-state index in [-0.39, 0.29) is 30.7 Å². The molecule has 9 nitrogen and oxygen atoms in total. The molecule has 0 spiro atoms. The number of halogens is 1. The molecule has 186 valence electrons. The zero-order valence-corrected chi connectivity index (χ0v) is 19.7. The van der Waals surface area contributed by atoms with Crippen LogP contribution in [-0.4, -0.2) is 62.4 Å². The average molecular weight is 491 g/mol. The molecule has 36 heavy (non-hydrogen) atoms. The maximum absolute atomic E-state index is 15.5. The molecule has 0 amide bonds. The van der Waals surface area contributed by atoms with E-state index in [0.717, 1.165) is 49.7 Å². The van der Waals surface area contributed by atoms with Crippen LogP contribution >= 0.6 is 0 Å². The van der Waals surface area contributed by atoms with Gasteiger partial charge in [0.15, 0.2) is 17.4 Å². The van der Waals surface area contributed by atoms with Gasteiger partial charge in [-0.15, -0.1) is 10.2 Å². The second kappa shape index (κ2) is 8.55. The number of ether oxygens (including phenoxy) is 2. The monoisotopic (exact) mass is 490 g/mol. The van der Waals surface area contributed by atoms with Crippen LogP contribution in [0.15, 0.2) is 36.7 Å². The van der Waals surface area contributed by atoms with Crippen molar-refractivity contribution < 1.29 is 19.0 Å². The first-order valence-corrected chi connectivity index (χ1v) is 12.6. The summed E-state index contributed by atoms with van der Waals surface area (Å²) in [4.78, 5) is 10.9. The molecule has 3 aromatic rings. The third kappa shape index (κ3) is 3.80. The van der Waals surface area contributed by atoms with E-state index in [4.69, 9.17) is 9.47 Å². The highest BCUT2D eigenvalue weighted by molar-refractivity contribution is 5.73. The van der Waals surface area contributed by atoms with E-state index in [0.29, 0.717) is 34.9 Å². The van der Waals surface area contributed by atoms with E-state index < -0.39 is 6.17 Å². The molecule has 0 unspecified atom stereocenters.